The minimum Gasteiger partial charge on any atom is -0.440 e. The molecule has 5 nitrogen and oxygen atoms in total. The van der Waals surface area contributed by atoms with Crippen LogP contribution in [0.3, 0.4) is 0 Å². The summed E-state index contributed by atoms with van der Waals surface area (Å²) < 4.78 is 7.73. The van der Waals surface area contributed by atoms with E-state index in [2.05, 4.69) is 22.4 Å². The van der Waals surface area contributed by atoms with Gasteiger partial charge in [0.15, 0.2) is 11.5 Å². The van der Waals surface area contributed by atoms with E-state index in [1.807, 2.05) is 61.7 Å². The third-order valence-electron chi connectivity index (χ3n) is 4.50. The van der Waals surface area contributed by atoms with E-state index < -0.39 is 0 Å². The van der Waals surface area contributed by atoms with Crippen molar-refractivity contribution < 1.29 is 9.21 Å². The number of aryl methyl sites for hydroxylation is 1. The van der Waals surface area contributed by atoms with Gasteiger partial charge in [-0.3, -0.25) is 4.79 Å². The van der Waals surface area contributed by atoms with Crippen LogP contribution in [0.15, 0.2) is 52.9 Å². The van der Waals surface area contributed by atoms with Gasteiger partial charge in [0.25, 0.3) is 0 Å². The number of fused-ring (bicyclic) bond motifs is 2. The molecule has 0 saturated carbocycles. The second-order valence-electron chi connectivity index (χ2n) is 6.87. The number of benzene rings is 2. The molecule has 0 aliphatic rings. The van der Waals surface area contributed by atoms with Crippen molar-refractivity contribution >= 4 is 33.6 Å². The maximum atomic E-state index is 12.5. The van der Waals surface area contributed by atoms with Crippen molar-refractivity contribution in [1.29, 1.82) is 0 Å². The number of nitrogens with zero attached hydrogens (tertiary/aromatic N) is 2. The summed E-state index contributed by atoms with van der Waals surface area (Å²) in [7, 11) is 0. The molecule has 0 fully saturated rings. The van der Waals surface area contributed by atoms with Crippen LogP contribution in [0.4, 0.5) is 5.69 Å². The smallest absolute Gasteiger partial charge is 0.244 e. The number of para-hydroxylation sites is 1. The summed E-state index contributed by atoms with van der Waals surface area (Å²) in [6.45, 7) is 6.36. The Morgan fingerprint density at radius 1 is 1.19 bits per heavy atom. The van der Waals surface area contributed by atoms with Crippen LogP contribution in [0.5, 0.6) is 0 Å². The Bertz CT molecular complexity index is 1110. The Hall–Kier alpha value is -3.08. The molecule has 0 unspecified atom stereocenters. The lowest BCUT2D eigenvalue weighted by atomic mass is 10.2. The van der Waals surface area contributed by atoms with Gasteiger partial charge in [0.2, 0.25) is 5.91 Å². The van der Waals surface area contributed by atoms with Gasteiger partial charge in [-0.05, 0) is 42.6 Å². The van der Waals surface area contributed by atoms with E-state index in [-0.39, 0.29) is 18.4 Å². The molecule has 132 valence electrons. The van der Waals surface area contributed by atoms with Gasteiger partial charge in [-0.15, -0.1) is 0 Å². The zero-order valence-corrected chi connectivity index (χ0v) is 15.1. The fraction of sp³-hybridized carbons (Fsp3) is 0.238. The van der Waals surface area contributed by atoms with Gasteiger partial charge in [0.1, 0.15) is 12.1 Å². The lowest BCUT2D eigenvalue weighted by molar-refractivity contribution is -0.116. The molecule has 26 heavy (non-hydrogen) atoms. The summed E-state index contributed by atoms with van der Waals surface area (Å²) in [6, 6.07) is 15.7. The zero-order valence-electron chi connectivity index (χ0n) is 15.1. The molecule has 0 atom stereocenters. The van der Waals surface area contributed by atoms with Crippen molar-refractivity contribution in [3.8, 4) is 0 Å². The monoisotopic (exact) mass is 347 g/mol. The molecule has 2 aromatic carbocycles. The van der Waals surface area contributed by atoms with Crippen molar-refractivity contribution in [3.63, 3.8) is 0 Å². The van der Waals surface area contributed by atoms with Crippen molar-refractivity contribution in [1.82, 2.24) is 9.55 Å². The average molecular weight is 347 g/mol. The number of aromatic nitrogens is 2. The number of anilines is 1. The fourth-order valence-electron chi connectivity index (χ4n) is 3.17. The minimum absolute atomic E-state index is 0.0682. The Kier molecular flexibility index (Phi) is 3.99. The molecule has 0 aliphatic carbocycles. The molecule has 5 heteroatoms. The first-order valence-electron chi connectivity index (χ1n) is 8.76. The normalized spacial score (nSPS) is 11.5. The summed E-state index contributed by atoms with van der Waals surface area (Å²) in [6.07, 6.45) is 0. The van der Waals surface area contributed by atoms with Crippen LogP contribution in [0, 0.1) is 6.92 Å². The van der Waals surface area contributed by atoms with Crippen LogP contribution in [0.25, 0.3) is 22.0 Å². The van der Waals surface area contributed by atoms with Crippen molar-refractivity contribution in [3.05, 3.63) is 60.1 Å². The Labute approximate surface area is 151 Å². The van der Waals surface area contributed by atoms with Crippen LogP contribution >= 0.6 is 0 Å². The lowest BCUT2D eigenvalue weighted by Gasteiger charge is -2.09. The summed E-state index contributed by atoms with van der Waals surface area (Å²) in [4.78, 5) is 17.0. The Morgan fingerprint density at radius 3 is 2.81 bits per heavy atom. The predicted octanol–water partition coefficient (Wildman–Crippen LogP) is 4.85. The van der Waals surface area contributed by atoms with E-state index in [0.717, 1.165) is 33.4 Å². The van der Waals surface area contributed by atoms with Gasteiger partial charge in [0.05, 0.1) is 0 Å². The maximum absolute atomic E-state index is 12.5. The Balaban J connectivity index is 1.56. The van der Waals surface area contributed by atoms with Crippen LogP contribution in [0.1, 0.15) is 31.4 Å². The summed E-state index contributed by atoms with van der Waals surface area (Å²) in [5.41, 5.74) is 4.34. The number of oxazole rings is 1. The van der Waals surface area contributed by atoms with Crippen molar-refractivity contribution in [2.75, 3.05) is 5.32 Å². The van der Waals surface area contributed by atoms with Crippen LogP contribution in [-0.2, 0) is 11.3 Å². The highest BCUT2D eigenvalue weighted by atomic mass is 16.3. The van der Waals surface area contributed by atoms with Crippen LogP contribution < -0.4 is 5.32 Å². The molecule has 0 radical (unpaired) electrons. The van der Waals surface area contributed by atoms with Crippen molar-refractivity contribution in [2.24, 2.45) is 0 Å². The molecule has 1 amide bonds. The number of nitrogens with one attached hydrogen (secondary N) is 1. The second kappa shape index (κ2) is 6.33. The standard InChI is InChI=1S/C21H21N3O2/c1-13(2)21-23-17-11-16(8-9-19(17)26-21)22-20(25)12-24-14(3)10-15-6-4-5-7-18(15)24/h4-11,13H,12H2,1-3H3,(H,22,25). The van der Waals surface area contributed by atoms with Gasteiger partial charge < -0.3 is 14.3 Å². The molecule has 2 aromatic heterocycles. The summed E-state index contributed by atoms with van der Waals surface area (Å²) in [5, 5.41) is 4.10. The number of hydrogen-bond acceptors (Lipinski definition) is 3. The molecule has 4 aromatic rings. The molecule has 2 heterocycles. The first kappa shape index (κ1) is 16.4. The van der Waals surface area contributed by atoms with E-state index in [9.17, 15) is 4.79 Å². The molecule has 1 N–H and O–H groups in total. The van der Waals surface area contributed by atoms with E-state index in [1.54, 1.807) is 0 Å². The highest BCUT2D eigenvalue weighted by Crippen LogP contribution is 2.24. The SMILES string of the molecule is Cc1cc2ccccc2n1CC(=O)Nc1ccc2oc(C(C)C)nc2c1. The van der Waals surface area contributed by atoms with E-state index in [4.69, 9.17) is 4.42 Å². The quantitative estimate of drug-likeness (QED) is 0.574. The molecular weight excluding hydrogens is 326 g/mol. The number of carbonyl (C=O) groups excluding carboxylic acids is 1. The third-order valence-corrected chi connectivity index (χ3v) is 4.50. The second-order valence-corrected chi connectivity index (χ2v) is 6.87. The molecule has 0 saturated heterocycles. The number of rotatable bonds is 4. The minimum atomic E-state index is -0.0682. The average Bonchev–Trinajstić information content (AvgIpc) is 3.16. The third kappa shape index (κ3) is 2.96. The van der Waals surface area contributed by atoms with Gasteiger partial charge in [-0.2, -0.15) is 0 Å². The van der Waals surface area contributed by atoms with Gasteiger partial charge in [-0.1, -0.05) is 32.0 Å². The Morgan fingerprint density at radius 2 is 2.00 bits per heavy atom. The highest BCUT2D eigenvalue weighted by molar-refractivity contribution is 5.94. The van der Waals surface area contributed by atoms with Gasteiger partial charge in [0, 0.05) is 22.8 Å². The van der Waals surface area contributed by atoms with Gasteiger partial charge in [-0.25, -0.2) is 4.98 Å². The van der Waals surface area contributed by atoms with Crippen LogP contribution in [-0.4, -0.2) is 15.5 Å². The maximum Gasteiger partial charge on any atom is 0.244 e. The summed E-state index contributed by atoms with van der Waals surface area (Å²) >= 11 is 0. The fourth-order valence-corrected chi connectivity index (χ4v) is 3.17. The molecule has 0 bridgehead atoms. The first-order chi connectivity index (χ1) is 12.5. The van der Waals surface area contributed by atoms with E-state index >= 15 is 0 Å². The zero-order chi connectivity index (χ0) is 18.3. The topological polar surface area (TPSA) is 60.1 Å². The molecule has 0 aliphatic heterocycles. The summed E-state index contributed by atoms with van der Waals surface area (Å²) in [5.74, 6) is 0.865. The molecule has 4 rings (SSSR count). The van der Waals surface area contributed by atoms with Crippen LogP contribution in [0.2, 0.25) is 0 Å². The predicted molar refractivity (Wildman–Crippen MR) is 103 cm³/mol. The van der Waals surface area contributed by atoms with Gasteiger partial charge >= 0.3 is 0 Å². The number of carbonyl (C=O) groups is 1. The van der Waals surface area contributed by atoms with Crippen molar-refractivity contribution in [2.45, 2.75) is 33.2 Å². The first-order valence-corrected chi connectivity index (χ1v) is 8.76. The highest BCUT2D eigenvalue weighted by Gasteiger charge is 2.12. The number of amides is 1. The molecular formula is C21H21N3O2. The molecule has 0 spiro atoms. The number of hydrogen-bond donors (Lipinski definition) is 1. The van der Waals surface area contributed by atoms with E-state index in [0.29, 0.717) is 5.89 Å². The lowest BCUT2D eigenvalue weighted by Crippen LogP contribution is -2.19. The van der Waals surface area contributed by atoms with E-state index in [1.165, 1.54) is 0 Å². The largest absolute Gasteiger partial charge is 0.440 e.